The molecule has 0 saturated heterocycles. The summed E-state index contributed by atoms with van der Waals surface area (Å²) in [6, 6.07) is 8.28. The Morgan fingerprint density at radius 3 is 2.87 bits per heavy atom. The maximum absolute atomic E-state index is 9.24. The van der Waals surface area contributed by atoms with Crippen molar-refractivity contribution in [3.05, 3.63) is 47.9 Å². The SMILES string of the molecule is C=C(O)Cc1cccc2c1cc(C)n2C. The summed E-state index contributed by atoms with van der Waals surface area (Å²) < 4.78 is 2.15. The van der Waals surface area contributed by atoms with Crippen molar-refractivity contribution in [1.82, 2.24) is 4.57 Å². The molecule has 0 aliphatic heterocycles. The van der Waals surface area contributed by atoms with Gasteiger partial charge < -0.3 is 9.67 Å². The van der Waals surface area contributed by atoms with E-state index in [1.54, 1.807) is 0 Å². The van der Waals surface area contributed by atoms with Crippen LogP contribution in [0.3, 0.4) is 0 Å². The number of aliphatic hydroxyl groups is 1. The zero-order chi connectivity index (χ0) is 11.0. The van der Waals surface area contributed by atoms with Crippen LogP contribution in [0.4, 0.5) is 0 Å². The molecule has 0 bridgehead atoms. The first-order valence-electron chi connectivity index (χ1n) is 5.00. The molecule has 0 atom stereocenters. The van der Waals surface area contributed by atoms with Crippen LogP contribution in [0.5, 0.6) is 0 Å². The number of rotatable bonds is 2. The summed E-state index contributed by atoms with van der Waals surface area (Å²) in [5.41, 5.74) is 3.55. The van der Waals surface area contributed by atoms with Gasteiger partial charge in [0.25, 0.3) is 0 Å². The van der Waals surface area contributed by atoms with Crippen molar-refractivity contribution in [2.45, 2.75) is 13.3 Å². The Labute approximate surface area is 89.5 Å². The van der Waals surface area contributed by atoms with E-state index < -0.39 is 0 Å². The summed E-state index contributed by atoms with van der Waals surface area (Å²) in [6.07, 6.45) is 0.529. The molecule has 0 spiro atoms. The van der Waals surface area contributed by atoms with Crippen molar-refractivity contribution in [2.24, 2.45) is 7.05 Å². The summed E-state index contributed by atoms with van der Waals surface area (Å²) in [4.78, 5) is 0. The lowest BCUT2D eigenvalue weighted by atomic mass is 10.1. The van der Waals surface area contributed by atoms with E-state index in [2.05, 4.69) is 37.3 Å². The fourth-order valence-corrected chi connectivity index (χ4v) is 1.93. The van der Waals surface area contributed by atoms with Crippen LogP contribution in [-0.2, 0) is 13.5 Å². The highest BCUT2D eigenvalue weighted by Gasteiger charge is 2.06. The van der Waals surface area contributed by atoms with Gasteiger partial charge in [-0.25, -0.2) is 0 Å². The molecule has 0 saturated carbocycles. The van der Waals surface area contributed by atoms with Crippen LogP contribution in [0.25, 0.3) is 10.9 Å². The Kier molecular flexibility index (Phi) is 2.27. The molecule has 15 heavy (non-hydrogen) atoms. The van der Waals surface area contributed by atoms with E-state index in [4.69, 9.17) is 0 Å². The van der Waals surface area contributed by atoms with Crippen LogP contribution in [0.15, 0.2) is 36.6 Å². The fourth-order valence-electron chi connectivity index (χ4n) is 1.93. The number of aryl methyl sites for hydroxylation is 2. The van der Waals surface area contributed by atoms with Crippen molar-refractivity contribution in [3.63, 3.8) is 0 Å². The lowest BCUT2D eigenvalue weighted by molar-refractivity contribution is 0.402. The molecule has 2 rings (SSSR count). The summed E-state index contributed by atoms with van der Waals surface area (Å²) in [7, 11) is 2.05. The average Bonchev–Trinajstić information content (AvgIpc) is 2.45. The van der Waals surface area contributed by atoms with Crippen molar-refractivity contribution in [3.8, 4) is 0 Å². The van der Waals surface area contributed by atoms with Gasteiger partial charge in [0.1, 0.15) is 0 Å². The smallest absolute Gasteiger partial charge is 0.0895 e. The molecule has 2 nitrogen and oxygen atoms in total. The van der Waals surface area contributed by atoms with Gasteiger partial charge in [0, 0.05) is 30.1 Å². The number of hydrogen-bond donors (Lipinski definition) is 1. The molecule has 1 aromatic heterocycles. The quantitative estimate of drug-likeness (QED) is 0.742. The summed E-state index contributed by atoms with van der Waals surface area (Å²) in [6.45, 7) is 5.62. The third-order valence-electron chi connectivity index (χ3n) is 2.81. The second kappa shape index (κ2) is 3.46. The van der Waals surface area contributed by atoms with E-state index in [0.29, 0.717) is 6.42 Å². The second-order valence-corrected chi connectivity index (χ2v) is 3.94. The first kappa shape index (κ1) is 9.84. The molecule has 2 aromatic rings. The highest BCUT2D eigenvalue weighted by molar-refractivity contribution is 5.84. The van der Waals surface area contributed by atoms with Gasteiger partial charge in [-0.1, -0.05) is 18.7 Å². The van der Waals surface area contributed by atoms with E-state index in [0.717, 1.165) is 5.56 Å². The zero-order valence-corrected chi connectivity index (χ0v) is 9.12. The number of fused-ring (bicyclic) bond motifs is 1. The van der Waals surface area contributed by atoms with Crippen LogP contribution in [0.1, 0.15) is 11.3 Å². The number of hydrogen-bond acceptors (Lipinski definition) is 1. The average molecular weight is 201 g/mol. The molecule has 0 amide bonds. The number of aromatic nitrogens is 1. The summed E-state index contributed by atoms with van der Waals surface area (Å²) >= 11 is 0. The minimum Gasteiger partial charge on any atom is -0.513 e. The van der Waals surface area contributed by atoms with Crippen molar-refractivity contribution in [1.29, 1.82) is 0 Å². The minimum atomic E-state index is 0.212. The molecule has 2 heteroatoms. The maximum atomic E-state index is 9.24. The number of nitrogens with zero attached hydrogens (tertiary/aromatic N) is 1. The Morgan fingerprint density at radius 1 is 1.47 bits per heavy atom. The van der Waals surface area contributed by atoms with Crippen LogP contribution in [-0.4, -0.2) is 9.67 Å². The molecular formula is C13H15NO. The highest BCUT2D eigenvalue weighted by Crippen LogP contribution is 2.23. The minimum absolute atomic E-state index is 0.212. The van der Waals surface area contributed by atoms with Crippen LogP contribution in [0, 0.1) is 6.92 Å². The van der Waals surface area contributed by atoms with Crippen molar-refractivity contribution >= 4 is 10.9 Å². The van der Waals surface area contributed by atoms with Crippen LogP contribution < -0.4 is 0 Å². The molecule has 0 aliphatic carbocycles. The standard InChI is InChI=1S/C13H15NO/c1-9-7-12-11(8-10(2)15)5-4-6-13(12)14(9)3/h4-7,15H,2,8H2,1,3H3. The van der Waals surface area contributed by atoms with Gasteiger partial charge in [-0.3, -0.25) is 0 Å². The number of aliphatic hydroxyl groups excluding tert-OH is 1. The monoisotopic (exact) mass is 201 g/mol. The maximum Gasteiger partial charge on any atom is 0.0895 e. The topological polar surface area (TPSA) is 25.2 Å². The molecule has 0 radical (unpaired) electrons. The number of allylic oxidation sites excluding steroid dienone is 1. The van der Waals surface area contributed by atoms with E-state index in [9.17, 15) is 5.11 Å². The summed E-state index contributed by atoms with van der Waals surface area (Å²) in [5.74, 6) is 0.212. The first-order chi connectivity index (χ1) is 7.09. The van der Waals surface area contributed by atoms with E-state index in [1.165, 1.54) is 16.6 Å². The third kappa shape index (κ3) is 1.63. The molecule has 0 unspecified atom stereocenters. The molecule has 1 heterocycles. The predicted octanol–water partition coefficient (Wildman–Crippen LogP) is 3.10. The Bertz CT molecular complexity index is 523. The largest absolute Gasteiger partial charge is 0.513 e. The normalized spacial score (nSPS) is 10.8. The molecule has 0 fully saturated rings. The highest BCUT2D eigenvalue weighted by atomic mass is 16.3. The second-order valence-electron chi connectivity index (χ2n) is 3.94. The first-order valence-corrected chi connectivity index (χ1v) is 5.00. The fraction of sp³-hybridized carbons (Fsp3) is 0.231. The van der Waals surface area contributed by atoms with Gasteiger partial charge in [0.05, 0.1) is 5.76 Å². The summed E-state index contributed by atoms with van der Waals surface area (Å²) in [5, 5.41) is 10.4. The lowest BCUT2D eigenvalue weighted by Crippen LogP contribution is -1.91. The zero-order valence-electron chi connectivity index (χ0n) is 9.12. The third-order valence-corrected chi connectivity index (χ3v) is 2.81. The van der Waals surface area contributed by atoms with Gasteiger partial charge in [0.2, 0.25) is 0 Å². The Hall–Kier alpha value is -1.70. The van der Waals surface area contributed by atoms with Crippen molar-refractivity contribution in [2.75, 3.05) is 0 Å². The van der Waals surface area contributed by atoms with Gasteiger partial charge in [-0.2, -0.15) is 0 Å². The van der Waals surface area contributed by atoms with E-state index >= 15 is 0 Å². The lowest BCUT2D eigenvalue weighted by Gasteiger charge is -2.03. The van der Waals surface area contributed by atoms with Gasteiger partial charge in [-0.05, 0) is 24.6 Å². The molecular weight excluding hydrogens is 186 g/mol. The molecule has 78 valence electrons. The Balaban J connectivity index is 2.65. The molecule has 0 aliphatic rings. The predicted molar refractivity (Wildman–Crippen MR) is 63.1 cm³/mol. The van der Waals surface area contributed by atoms with Crippen LogP contribution in [0.2, 0.25) is 0 Å². The van der Waals surface area contributed by atoms with Gasteiger partial charge in [-0.15, -0.1) is 0 Å². The van der Waals surface area contributed by atoms with Gasteiger partial charge >= 0.3 is 0 Å². The van der Waals surface area contributed by atoms with Gasteiger partial charge in [0.15, 0.2) is 0 Å². The molecule has 1 N–H and O–H groups in total. The Morgan fingerprint density at radius 2 is 2.20 bits per heavy atom. The van der Waals surface area contributed by atoms with E-state index in [-0.39, 0.29) is 5.76 Å². The van der Waals surface area contributed by atoms with Crippen LogP contribution >= 0.6 is 0 Å². The number of benzene rings is 1. The molecule has 1 aromatic carbocycles. The van der Waals surface area contributed by atoms with Crippen molar-refractivity contribution < 1.29 is 5.11 Å². The van der Waals surface area contributed by atoms with E-state index in [1.807, 2.05) is 12.1 Å².